The van der Waals surface area contributed by atoms with E-state index in [4.69, 9.17) is 4.42 Å². The number of aromatic nitrogens is 2. The second-order valence-electron chi connectivity index (χ2n) is 3.94. The maximum absolute atomic E-state index is 12.8. The van der Waals surface area contributed by atoms with Gasteiger partial charge in [-0.2, -0.15) is 0 Å². The molecule has 0 unspecified atom stereocenters. The zero-order valence-electron chi connectivity index (χ0n) is 10.7. The molecule has 6 heteroatoms. The van der Waals surface area contributed by atoms with Crippen LogP contribution in [0.4, 0.5) is 4.39 Å². The molecule has 0 aliphatic rings. The smallest absolute Gasteiger partial charge is 0.872 e. The molecular formula is C14H8FKN2O2. The first-order chi connectivity index (χ1) is 9.22. The Balaban J connectivity index is 0.00000147. The summed E-state index contributed by atoms with van der Waals surface area (Å²) in [6.45, 7) is 0. The van der Waals surface area contributed by atoms with Crippen molar-refractivity contribution in [2.24, 2.45) is 0 Å². The van der Waals surface area contributed by atoms with Gasteiger partial charge in [-0.25, -0.2) is 4.39 Å². The molecule has 2 aromatic carbocycles. The number of benzene rings is 2. The monoisotopic (exact) mass is 294 g/mol. The third-order valence-corrected chi connectivity index (χ3v) is 2.62. The fourth-order valence-electron chi connectivity index (χ4n) is 1.65. The minimum Gasteiger partial charge on any atom is -0.872 e. The van der Waals surface area contributed by atoms with Crippen molar-refractivity contribution in [1.82, 2.24) is 10.2 Å². The molecule has 0 atom stereocenters. The summed E-state index contributed by atoms with van der Waals surface area (Å²) in [6, 6.07) is 11.9. The van der Waals surface area contributed by atoms with Crippen molar-refractivity contribution in [3.05, 3.63) is 54.3 Å². The summed E-state index contributed by atoms with van der Waals surface area (Å²) in [5.41, 5.74) is 1.31. The maximum Gasteiger partial charge on any atom is 1.00 e. The minimum absolute atomic E-state index is 0. The van der Waals surface area contributed by atoms with E-state index in [0.717, 1.165) is 0 Å². The van der Waals surface area contributed by atoms with Crippen LogP contribution in [0, 0.1) is 5.82 Å². The van der Waals surface area contributed by atoms with Gasteiger partial charge in [0.25, 0.3) is 0 Å². The van der Waals surface area contributed by atoms with E-state index in [1.807, 2.05) is 0 Å². The average molecular weight is 294 g/mol. The fourth-order valence-corrected chi connectivity index (χ4v) is 1.65. The molecule has 0 bridgehead atoms. The zero-order chi connectivity index (χ0) is 13.2. The van der Waals surface area contributed by atoms with Crippen LogP contribution < -0.4 is 56.5 Å². The normalized spacial score (nSPS) is 10.1. The average Bonchev–Trinajstić information content (AvgIpc) is 2.90. The minimum atomic E-state index is -0.325. The van der Waals surface area contributed by atoms with Crippen LogP contribution in [0.3, 0.4) is 0 Å². The molecule has 94 valence electrons. The van der Waals surface area contributed by atoms with Crippen LogP contribution in [0.25, 0.3) is 22.9 Å². The van der Waals surface area contributed by atoms with Gasteiger partial charge in [0.2, 0.25) is 11.8 Å². The molecule has 3 aromatic rings. The molecule has 4 nitrogen and oxygen atoms in total. The number of hydrogen-bond acceptors (Lipinski definition) is 4. The van der Waals surface area contributed by atoms with Crippen LogP contribution in [0.5, 0.6) is 5.75 Å². The van der Waals surface area contributed by atoms with Crippen molar-refractivity contribution < 1.29 is 65.3 Å². The van der Waals surface area contributed by atoms with Crippen LogP contribution in [-0.4, -0.2) is 10.2 Å². The molecule has 1 aromatic heterocycles. The molecule has 0 amide bonds. The van der Waals surface area contributed by atoms with Crippen molar-refractivity contribution >= 4 is 0 Å². The van der Waals surface area contributed by atoms with Gasteiger partial charge in [-0.15, -0.1) is 15.9 Å². The van der Waals surface area contributed by atoms with Crippen molar-refractivity contribution in [2.75, 3.05) is 0 Å². The van der Waals surface area contributed by atoms with Gasteiger partial charge in [0.15, 0.2) is 0 Å². The zero-order valence-corrected chi connectivity index (χ0v) is 13.8. The summed E-state index contributed by atoms with van der Waals surface area (Å²) in [5, 5.41) is 18.8. The Morgan fingerprint density at radius 3 is 1.75 bits per heavy atom. The number of rotatable bonds is 2. The van der Waals surface area contributed by atoms with E-state index in [0.29, 0.717) is 22.9 Å². The summed E-state index contributed by atoms with van der Waals surface area (Å²) >= 11 is 0. The van der Waals surface area contributed by atoms with Gasteiger partial charge in [-0.1, -0.05) is 24.3 Å². The molecule has 0 N–H and O–H groups in total. The second-order valence-corrected chi connectivity index (χ2v) is 3.94. The number of hydrogen-bond donors (Lipinski definition) is 0. The van der Waals surface area contributed by atoms with Crippen LogP contribution in [0.2, 0.25) is 0 Å². The molecule has 20 heavy (non-hydrogen) atoms. The van der Waals surface area contributed by atoms with Gasteiger partial charge in [-0.05, 0) is 24.3 Å². The SMILES string of the molecule is [K+].[O-]c1ccc(-c2nnc(-c3ccc(F)cc3)o2)cc1. The molecule has 0 saturated carbocycles. The van der Waals surface area contributed by atoms with Crippen molar-refractivity contribution in [2.45, 2.75) is 0 Å². The number of nitrogens with zero attached hydrogens (tertiary/aromatic N) is 2. The first-order valence-corrected chi connectivity index (χ1v) is 5.59. The van der Waals surface area contributed by atoms with Crippen LogP contribution in [0.15, 0.2) is 52.9 Å². The van der Waals surface area contributed by atoms with E-state index < -0.39 is 0 Å². The van der Waals surface area contributed by atoms with Crippen LogP contribution in [-0.2, 0) is 0 Å². The van der Waals surface area contributed by atoms with E-state index in [-0.39, 0.29) is 63.0 Å². The summed E-state index contributed by atoms with van der Waals surface area (Å²) in [4.78, 5) is 0. The topological polar surface area (TPSA) is 62.0 Å². The second kappa shape index (κ2) is 6.60. The quantitative estimate of drug-likeness (QED) is 0.605. The Labute approximate surface area is 157 Å². The summed E-state index contributed by atoms with van der Waals surface area (Å²) in [7, 11) is 0. The predicted octanol–water partition coefficient (Wildman–Crippen LogP) is -0.380. The van der Waals surface area contributed by atoms with Gasteiger partial charge in [0, 0.05) is 11.1 Å². The summed E-state index contributed by atoms with van der Waals surface area (Å²) < 4.78 is 18.3. The first kappa shape index (κ1) is 15.3. The van der Waals surface area contributed by atoms with E-state index in [1.165, 1.54) is 24.3 Å². The number of halogens is 1. The molecular weight excluding hydrogens is 286 g/mol. The van der Waals surface area contributed by atoms with Crippen LogP contribution in [0.1, 0.15) is 0 Å². The Kier molecular flexibility index (Phi) is 5.06. The van der Waals surface area contributed by atoms with Crippen LogP contribution >= 0.6 is 0 Å². The van der Waals surface area contributed by atoms with Crippen molar-refractivity contribution in [1.29, 1.82) is 0 Å². The molecule has 0 aliphatic carbocycles. The van der Waals surface area contributed by atoms with E-state index in [9.17, 15) is 9.50 Å². The molecule has 0 fully saturated rings. The van der Waals surface area contributed by atoms with Gasteiger partial charge in [-0.3, -0.25) is 0 Å². The predicted molar refractivity (Wildman–Crippen MR) is 64.6 cm³/mol. The maximum atomic E-state index is 12.8. The summed E-state index contributed by atoms with van der Waals surface area (Å²) in [6.07, 6.45) is 0. The third kappa shape index (κ3) is 3.33. The van der Waals surface area contributed by atoms with Gasteiger partial charge in [0.05, 0.1) is 0 Å². The Hall–Kier alpha value is -1.05. The first-order valence-electron chi connectivity index (χ1n) is 5.59. The standard InChI is InChI=1S/C14H9FN2O2.K/c15-11-5-1-9(2-6-11)13-16-17-14(19-13)10-3-7-12(18)8-4-10;/h1-8,18H;/q;+1/p-1. The Morgan fingerprint density at radius 1 is 0.800 bits per heavy atom. The molecule has 0 aliphatic heterocycles. The van der Waals surface area contributed by atoms with E-state index in [2.05, 4.69) is 10.2 Å². The largest absolute Gasteiger partial charge is 1.00 e. The fraction of sp³-hybridized carbons (Fsp3) is 0. The van der Waals surface area contributed by atoms with Crippen molar-refractivity contribution in [3.63, 3.8) is 0 Å². The summed E-state index contributed by atoms with van der Waals surface area (Å²) in [5.74, 6) is 0.220. The van der Waals surface area contributed by atoms with Crippen molar-refractivity contribution in [3.8, 4) is 28.7 Å². The molecule has 0 saturated heterocycles. The molecule has 3 rings (SSSR count). The van der Waals surface area contributed by atoms with E-state index >= 15 is 0 Å². The molecule has 0 radical (unpaired) electrons. The van der Waals surface area contributed by atoms with Gasteiger partial charge >= 0.3 is 51.4 Å². The molecule has 0 spiro atoms. The van der Waals surface area contributed by atoms with E-state index in [1.54, 1.807) is 24.3 Å². The Morgan fingerprint density at radius 2 is 1.25 bits per heavy atom. The Bertz CT molecular complexity index is 636. The third-order valence-electron chi connectivity index (χ3n) is 2.62. The molecule has 1 heterocycles. The van der Waals surface area contributed by atoms with Gasteiger partial charge in [0.1, 0.15) is 5.82 Å². The van der Waals surface area contributed by atoms with Gasteiger partial charge < -0.3 is 9.52 Å².